The molecule has 0 atom stereocenters. The second kappa shape index (κ2) is 7.31. The molecular weight excluding hydrogens is 352 g/mol. The summed E-state index contributed by atoms with van der Waals surface area (Å²) in [5, 5.41) is 4.44. The zero-order chi connectivity index (χ0) is 18.7. The zero-order valence-electron chi connectivity index (χ0n) is 14.8. The molecule has 0 bridgehead atoms. The molecule has 0 unspecified atom stereocenters. The van der Waals surface area contributed by atoms with Crippen molar-refractivity contribution in [1.29, 1.82) is 0 Å². The molecule has 0 fully saturated rings. The lowest BCUT2D eigenvalue weighted by Crippen LogP contribution is -2.13. The van der Waals surface area contributed by atoms with Crippen molar-refractivity contribution < 1.29 is 17.3 Å². The van der Waals surface area contributed by atoms with E-state index < -0.39 is 10.1 Å². The van der Waals surface area contributed by atoms with E-state index in [-0.39, 0.29) is 17.4 Å². The Balaban J connectivity index is 2.06. The fourth-order valence-electron chi connectivity index (χ4n) is 2.65. The smallest absolute Gasteiger partial charge is 0.340 e. The largest absolute Gasteiger partial charge is 0.378 e. The third-order valence-electron chi connectivity index (χ3n) is 3.83. The Kier molecular flexibility index (Phi) is 5.11. The molecule has 2 aromatic carbocycles. The molecule has 0 aliphatic rings. The van der Waals surface area contributed by atoms with Gasteiger partial charge >= 0.3 is 10.1 Å². The van der Waals surface area contributed by atoms with E-state index in [2.05, 4.69) is 5.10 Å². The molecule has 1 heterocycles. The summed E-state index contributed by atoms with van der Waals surface area (Å²) in [5.41, 5.74) is 3.39. The Morgan fingerprint density at radius 1 is 1.04 bits per heavy atom. The fourth-order valence-corrected chi connectivity index (χ4v) is 3.58. The van der Waals surface area contributed by atoms with Crippen LogP contribution in [0.2, 0.25) is 0 Å². The highest BCUT2D eigenvalue weighted by atomic mass is 32.2. The second-order valence-electron chi connectivity index (χ2n) is 5.96. The van der Waals surface area contributed by atoms with Crippen LogP contribution in [-0.2, 0) is 21.5 Å². The van der Waals surface area contributed by atoms with Crippen LogP contribution >= 0.6 is 0 Å². The summed E-state index contributed by atoms with van der Waals surface area (Å²) in [4.78, 5) is 0.0849. The minimum Gasteiger partial charge on any atom is -0.378 e. The first-order valence-electron chi connectivity index (χ1n) is 8.06. The maximum Gasteiger partial charge on any atom is 0.340 e. The Hall–Kier alpha value is -2.64. The second-order valence-corrected chi connectivity index (χ2v) is 7.51. The van der Waals surface area contributed by atoms with Crippen LogP contribution in [0.15, 0.2) is 59.5 Å². The molecule has 26 heavy (non-hydrogen) atoms. The molecule has 0 amide bonds. The van der Waals surface area contributed by atoms with Crippen LogP contribution in [0, 0.1) is 13.8 Å². The van der Waals surface area contributed by atoms with Gasteiger partial charge in [0.25, 0.3) is 0 Å². The molecule has 0 N–H and O–H groups in total. The predicted molar refractivity (Wildman–Crippen MR) is 98.0 cm³/mol. The fraction of sp³-hybridized carbons (Fsp3) is 0.211. The van der Waals surface area contributed by atoms with Crippen LogP contribution in [0.3, 0.4) is 0 Å². The van der Waals surface area contributed by atoms with Crippen molar-refractivity contribution in [2.24, 2.45) is 0 Å². The number of hydrogen-bond acceptors (Lipinski definition) is 5. The molecule has 0 radical (unpaired) electrons. The van der Waals surface area contributed by atoms with Crippen LogP contribution in [0.4, 0.5) is 0 Å². The quantitative estimate of drug-likeness (QED) is 0.620. The molecule has 7 heteroatoms. The minimum absolute atomic E-state index is 0.0849. The highest BCUT2D eigenvalue weighted by molar-refractivity contribution is 7.87. The normalized spacial score (nSPS) is 11.5. The van der Waals surface area contributed by atoms with Crippen molar-refractivity contribution in [1.82, 2.24) is 9.78 Å². The predicted octanol–water partition coefficient (Wildman–Crippen LogP) is 3.40. The highest BCUT2D eigenvalue weighted by Gasteiger charge is 2.21. The van der Waals surface area contributed by atoms with Gasteiger partial charge in [-0.3, -0.25) is 0 Å². The topological polar surface area (TPSA) is 70.4 Å². The van der Waals surface area contributed by atoms with E-state index in [9.17, 15) is 8.42 Å². The van der Waals surface area contributed by atoms with Crippen LogP contribution in [-0.4, -0.2) is 25.3 Å². The Labute approximate surface area is 153 Å². The van der Waals surface area contributed by atoms with Gasteiger partial charge in [0, 0.05) is 13.2 Å². The van der Waals surface area contributed by atoms with Crippen molar-refractivity contribution in [2.75, 3.05) is 7.11 Å². The summed E-state index contributed by atoms with van der Waals surface area (Å²) in [5.74, 6) is 0.118. The first-order valence-corrected chi connectivity index (χ1v) is 9.46. The molecule has 0 aliphatic heterocycles. The molecule has 0 saturated heterocycles. The average molecular weight is 372 g/mol. The maximum absolute atomic E-state index is 12.6. The Morgan fingerprint density at radius 2 is 1.77 bits per heavy atom. The van der Waals surface area contributed by atoms with E-state index in [0.717, 1.165) is 16.8 Å². The van der Waals surface area contributed by atoms with Gasteiger partial charge in [0.2, 0.25) is 5.88 Å². The van der Waals surface area contributed by atoms with Gasteiger partial charge in [-0.25, -0.2) is 0 Å². The molecule has 0 saturated carbocycles. The van der Waals surface area contributed by atoms with E-state index in [4.69, 9.17) is 8.92 Å². The lowest BCUT2D eigenvalue weighted by Gasteiger charge is -2.11. The van der Waals surface area contributed by atoms with E-state index in [0.29, 0.717) is 5.69 Å². The van der Waals surface area contributed by atoms with Gasteiger partial charge in [-0.2, -0.15) is 18.2 Å². The average Bonchev–Trinajstić information content (AvgIpc) is 2.97. The number of methoxy groups -OCH3 is 1. The molecule has 1 aromatic heterocycles. The Morgan fingerprint density at radius 3 is 2.42 bits per heavy atom. The standard InChI is InChI=1S/C19H20N2O4S/c1-14-9-10-18(15(2)11-14)21-19(12-16(20-21)13-24-3)25-26(22,23)17-7-5-4-6-8-17/h4-12H,13H2,1-3H3. The van der Waals surface area contributed by atoms with Crippen molar-refractivity contribution in [2.45, 2.75) is 25.3 Å². The van der Waals surface area contributed by atoms with E-state index in [1.54, 1.807) is 31.4 Å². The molecule has 3 aromatic rings. The number of nitrogens with zero attached hydrogens (tertiary/aromatic N) is 2. The van der Waals surface area contributed by atoms with Gasteiger partial charge in [0.15, 0.2) is 0 Å². The molecule has 0 spiro atoms. The molecule has 6 nitrogen and oxygen atoms in total. The number of ether oxygens (including phenoxy) is 1. The van der Waals surface area contributed by atoms with Crippen LogP contribution in [0.5, 0.6) is 5.88 Å². The summed E-state index contributed by atoms with van der Waals surface area (Å²) in [7, 11) is -2.42. The van der Waals surface area contributed by atoms with Crippen molar-refractivity contribution in [3.63, 3.8) is 0 Å². The zero-order valence-corrected chi connectivity index (χ0v) is 15.7. The summed E-state index contributed by atoms with van der Waals surface area (Å²) < 4.78 is 37.2. The third-order valence-corrected chi connectivity index (χ3v) is 5.07. The number of hydrogen-bond donors (Lipinski definition) is 0. The number of aryl methyl sites for hydroxylation is 2. The van der Waals surface area contributed by atoms with Crippen LogP contribution in [0.1, 0.15) is 16.8 Å². The van der Waals surface area contributed by atoms with Gasteiger partial charge in [0.1, 0.15) is 4.90 Å². The van der Waals surface area contributed by atoms with E-state index in [1.807, 2.05) is 32.0 Å². The highest BCUT2D eigenvalue weighted by Crippen LogP contribution is 2.26. The van der Waals surface area contributed by atoms with Crippen molar-refractivity contribution in [3.05, 3.63) is 71.4 Å². The first-order chi connectivity index (χ1) is 12.4. The summed E-state index contributed by atoms with van der Waals surface area (Å²) >= 11 is 0. The molecular formula is C19H20N2O4S. The Bertz CT molecular complexity index is 1010. The van der Waals surface area contributed by atoms with Gasteiger partial charge < -0.3 is 8.92 Å². The SMILES string of the molecule is COCc1cc(OS(=O)(=O)c2ccccc2)n(-c2ccc(C)cc2C)n1. The monoisotopic (exact) mass is 372 g/mol. The van der Waals surface area contributed by atoms with Gasteiger partial charge in [0.05, 0.1) is 18.0 Å². The van der Waals surface area contributed by atoms with Crippen molar-refractivity contribution in [3.8, 4) is 11.6 Å². The van der Waals surface area contributed by atoms with E-state index in [1.165, 1.54) is 16.8 Å². The van der Waals surface area contributed by atoms with Gasteiger partial charge in [-0.05, 0) is 37.6 Å². The van der Waals surface area contributed by atoms with Crippen molar-refractivity contribution >= 4 is 10.1 Å². The first kappa shape index (κ1) is 18.2. The minimum atomic E-state index is -3.97. The molecule has 136 valence electrons. The third kappa shape index (κ3) is 3.79. The van der Waals surface area contributed by atoms with Crippen LogP contribution in [0.25, 0.3) is 5.69 Å². The summed E-state index contributed by atoms with van der Waals surface area (Å²) in [6.07, 6.45) is 0. The lowest BCUT2D eigenvalue weighted by molar-refractivity contribution is 0.181. The summed E-state index contributed by atoms with van der Waals surface area (Å²) in [6, 6.07) is 15.4. The van der Waals surface area contributed by atoms with Crippen LogP contribution < -0.4 is 4.18 Å². The van der Waals surface area contributed by atoms with Gasteiger partial charge in [-0.15, -0.1) is 0 Å². The van der Waals surface area contributed by atoms with E-state index >= 15 is 0 Å². The van der Waals surface area contributed by atoms with Gasteiger partial charge in [-0.1, -0.05) is 35.9 Å². The molecule has 3 rings (SSSR count). The number of aromatic nitrogens is 2. The maximum atomic E-state index is 12.6. The number of benzene rings is 2. The lowest BCUT2D eigenvalue weighted by atomic mass is 10.1. The summed E-state index contributed by atoms with van der Waals surface area (Å²) in [6.45, 7) is 4.18. The number of rotatable bonds is 6. The molecule has 0 aliphatic carbocycles.